The van der Waals surface area contributed by atoms with Gasteiger partial charge in [0.15, 0.2) is 0 Å². The second-order valence-electron chi connectivity index (χ2n) is 4.82. The van der Waals surface area contributed by atoms with Crippen molar-refractivity contribution in [3.8, 4) is 0 Å². The molecule has 0 saturated heterocycles. The van der Waals surface area contributed by atoms with Gasteiger partial charge >= 0.3 is 0 Å². The molecule has 0 saturated carbocycles. The Morgan fingerprint density at radius 2 is 2.38 bits per heavy atom. The molecular weight excluding hydrogens is 291 g/mol. The molecule has 0 bridgehead atoms. The van der Waals surface area contributed by atoms with E-state index in [1.54, 1.807) is 24.7 Å². The maximum atomic E-state index is 13.5. The molecule has 1 aromatic heterocycles. The summed E-state index contributed by atoms with van der Waals surface area (Å²) in [6.45, 7) is 4.46. The summed E-state index contributed by atoms with van der Waals surface area (Å²) in [5.74, 6) is -0.346. The number of rotatable bonds is 5. The van der Waals surface area contributed by atoms with Gasteiger partial charge in [-0.05, 0) is 18.2 Å². The first kappa shape index (κ1) is 14.2. The van der Waals surface area contributed by atoms with Crippen molar-refractivity contribution in [1.82, 2.24) is 9.55 Å². The summed E-state index contributed by atoms with van der Waals surface area (Å²) in [4.78, 5) is 4.64. The molecule has 3 rings (SSSR count). The lowest BCUT2D eigenvalue weighted by Gasteiger charge is -2.19. The molecule has 4 nitrogen and oxygen atoms in total. The van der Waals surface area contributed by atoms with E-state index in [1.807, 2.05) is 10.8 Å². The summed E-state index contributed by atoms with van der Waals surface area (Å²) >= 11 is 0. The molecule has 1 aliphatic heterocycles. The largest absolute Gasteiger partial charge is 0.368 e. The molecule has 6 heteroatoms. The van der Waals surface area contributed by atoms with Gasteiger partial charge in [-0.3, -0.25) is 4.21 Å². The predicted octanol–water partition coefficient (Wildman–Crippen LogP) is 2.46. The van der Waals surface area contributed by atoms with E-state index in [2.05, 4.69) is 11.6 Å². The first-order valence-electron chi connectivity index (χ1n) is 6.59. The Balaban J connectivity index is 1.95. The lowest BCUT2D eigenvalue weighted by atomic mass is 10.1. The fourth-order valence-electron chi connectivity index (χ4n) is 2.54. The summed E-state index contributed by atoms with van der Waals surface area (Å²) in [6.07, 6.45) is 6.38. The lowest BCUT2D eigenvalue weighted by Crippen LogP contribution is -2.25. The highest BCUT2D eigenvalue weighted by Crippen LogP contribution is 2.40. The van der Waals surface area contributed by atoms with E-state index in [-0.39, 0.29) is 11.1 Å². The van der Waals surface area contributed by atoms with Gasteiger partial charge in [0.25, 0.3) is 0 Å². The summed E-state index contributed by atoms with van der Waals surface area (Å²) in [6, 6.07) is 4.33. The monoisotopic (exact) mass is 306 g/mol. The minimum Gasteiger partial charge on any atom is -0.368 e. The minimum atomic E-state index is -1.24. The predicted molar refractivity (Wildman–Crippen MR) is 77.7 cm³/mol. The zero-order valence-electron chi connectivity index (χ0n) is 11.3. The number of hydrogen-bond acceptors (Lipinski definition) is 3. The van der Waals surface area contributed by atoms with Gasteiger partial charge in [0.05, 0.1) is 29.0 Å². The van der Waals surface area contributed by atoms with Crippen LogP contribution < -0.4 is 0 Å². The van der Waals surface area contributed by atoms with Gasteiger partial charge in [0.1, 0.15) is 11.9 Å². The van der Waals surface area contributed by atoms with Crippen LogP contribution in [-0.2, 0) is 22.1 Å². The SMILES string of the molecule is C=CCO[C@H]1c2cc(F)ccc2S(=O)[C@H]1Cn1ccnc1. The maximum Gasteiger partial charge on any atom is 0.123 e. The Labute approximate surface area is 124 Å². The van der Waals surface area contributed by atoms with Gasteiger partial charge in [0.2, 0.25) is 0 Å². The molecule has 21 heavy (non-hydrogen) atoms. The van der Waals surface area contributed by atoms with E-state index < -0.39 is 16.9 Å². The second-order valence-corrected chi connectivity index (χ2v) is 6.46. The van der Waals surface area contributed by atoms with E-state index in [4.69, 9.17) is 4.74 Å². The van der Waals surface area contributed by atoms with Crippen LogP contribution in [0.1, 0.15) is 11.7 Å². The maximum absolute atomic E-state index is 13.5. The molecule has 2 heterocycles. The highest BCUT2D eigenvalue weighted by molar-refractivity contribution is 7.86. The molecule has 0 fully saturated rings. The normalized spacial score (nSPS) is 24.0. The average Bonchev–Trinajstić information content (AvgIpc) is 3.06. The summed E-state index contributed by atoms with van der Waals surface area (Å²) in [5.41, 5.74) is 0.667. The third-order valence-corrected chi connectivity index (χ3v) is 5.20. The Morgan fingerprint density at radius 3 is 3.10 bits per heavy atom. The zero-order valence-corrected chi connectivity index (χ0v) is 12.1. The molecule has 0 radical (unpaired) electrons. The van der Waals surface area contributed by atoms with Crippen molar-refractivity contribution < 1.29 is 13.3 Å². The van der Waals surface area contributed by atoms with Gasteiger partial charge in [0, 0.05) is 29.4 Å². The Kier molecular flexibility index (Phi) is 3.98. The number of aromatic nitrogens is 2. The standard InChI is InChI=1S/C15H15FN2O2S/c1-2-7-20-15-12-8-11(16)3-4-13(12)21(19)14(15)9-18-6-5-17-10-18/h2-6,8,10,14-15H,1,7,9H2/t14-,15-,21?/m0/s1. The van der Waals surface area contributed by atoms with Crippen LogP contribution in [0, 0.1) is 5.82 Å². The summed E-state index contributed by atoms with van der Waals surface area (Å²) in [7, 11) is -1.24. The van der Waals surface area contributed by atoms with Crippen molar-refractivity contribution in [2.45, 2.75) is 22.8 Å². The Bertz CT molecular complexity index is 672. The van der Waals surface area contributed by atoms with Crippen molar-refractivity contribution in [3.05, 3.63) is 61.0 Å². The second kappa shape index (κ2) is 5.91. The molecule has 0 amide bonds. The molecule has 0 aliphatic carbocycles. The first-order chi connectivity index (χ1) is 10.2. The third-order valence-electron chi connectivity index (χ3n) is 3.45. The van der Waals surface area contributed by atoms with Crippen LogP contribution in [0.2, 0.25) is 0 Å². The summed E-state index contributed by atoms with van der Waals surface area (Å²) in [5, 5.41) is -0.268. The van der Waals surface area contributed by atoms with Crippen molar-refractivity contribution >= 4 is 10.8 Å². The van der Waals surface area contributed by atoms with Crippen molar-refractivity contribution in [2.75, 3.05) is 6.61 Å². The molecule has 1 aliphatic rings. The van der Waals surface area contributed by atoms with Gasteiger partial charge in [-0.1, -0.05) is 6.08 Å². The number of benzene rings is 1. The minimum absolute atomic E-state index is 0.268. The van der Waals surface area contributed by atoms with Crippen molar-refractivity contribution in [3.63, 3.8) is 0 Å². The third kappa shape index (κ3) is 2.69. The molecule has 110 valence electrons. The van der Waals surface area contributed by atoms with E-state index in [9.17, 15) is 8.60 Å². The lowest BCUT2D eigenvalue weighted by molar-refractivity contribution is 0.0696. The van der Waals surface area contributed by atoms with Crippen LogP contribution >= 0.6 is 0 Å². The van der Waals surface area contributed by atoms with Crippen molar-refractivity contribution in [2.24, 2.45) is 0 Å². The van der Waals surface area contributed by atoms with E-state index in [1.165, 1.54) is 12.1 Å². The highest BCUT2D eigenvalue weighted by Gasteiger charge is 2.40. The van der Waals surface area contributed by atoms with Crippen LogP contribution in [0.5, 0.6) is 0 Å². The summed E-state index contributed by atoms with van der Waals surface area (Å²) < 4.78 is 33.8. The molecule has 0 N–H and O–H groups in total. The van der Waals surface area contributed by atoms with Crippen molar-refractivity contribution in [1.29, 1.82) is 0 Å². The van der Waals surface area contributed by atoms with E-state index in [0.717, 1.165) is 0 Å². The molecule has 2 aromatic rings. The number of fused-ring (bicyclic) bond motifs is 1. The Morgan fingerprint density at radius 1 is 1.52 bits per heavy atom. The highest BCUT2D eigenvalue weighted by atomic mass is 32.2. The van der Waals surface area contributed by atoms with Crippen LogP contribution in [0.3, 0.4) is 0 Å². The van der Waals surface area contributed by atoms with Gasteiger partial charge < -0.3 is 9.30 Å². The quantitative estimate of drug-likeness (QED) is 0.797. The van der Waals surface area contributed by atoms with E-state index >= 15 is 0 Å². The zero-order chi connectivity index (χ0) is 14.8. The smallest absolute Gasteiger partial charge is 0.123 e. The topological polar surface area (TPSA) is 44.1 Å². The van der Waals surface area contributed by atoms with Gasteiger partial charge in [-0.25, -0.2) is 9.37 Å². The first-order valence-corrected chi connectivity index (χ1v) is 7.80. The van der Waals surface area contributed by atoms with Gasteiger partial charge in [-0.15, -0.1) is 6.58 Å². The number of imidazole rings is 1. The van der Waals surface area contributed by atoms with Gasteiger partial charge in [-0.2, -0.15) is 0 Å². The fraction of sp³-hybridized carbons (Fsp3) is 0.267. The average molecular weight is 306 g/mol. The van der Waals surface area contributed by atoms with Crippen LogP contribution in [0.4, 0.5) is 4.39 Å². The fourth-order valence-corrected chi connectivity index (χ4v) is 4.23. The molecule has 1 unspecified atom stereocenters. The van der Waals surface area contributed by atoms with Crippen LogP contribution in [0.25, 0.3) is 0 Å². The number of halogens is 1. The number of ether oxygens (including phenoxy) is 1. The number of hydrogen-bond donors (Lipinski definition) is 0. The molecule has 1 aromatic carbocycles. The number of nitrogens with zero attached hydrogens (tertiary/aromatic N) is 2. The molecule has 0 spiro atoms. The van der Waals surface area contributed by atoms with Crippen LogP contribution in [-0.4, -0.2) is 25.6 Å². The molecule has 3 atom stereocenters. The van der Waals surface area contributed by atoms with E-state index in [0.29, 0.717) is 23.6 Å². The van der Waals surface area contributed by atoms with Crippen LogP contribution in [0.15, 0.2) is 54.5 Å². The Hall–Kier alpha value is -1.79. The molecular formula is C15H15FN2O2S.